The molecule has 1 aliphatic rings. The molecule has 1 heterocycles. The number of benzene rings is 2. The van der Waals surface area contributed by atoms with Crippen molar-refractivity contribution in [1.82, 2.24) is 0 Å². The van der Waals surface area contributed by atoms with Crippen LogP contribution in [0.5, 0.6) is 11.5 Å². The molecular formula is C20H17ClFNO5. The number of anilines is 1. The fraction of sp³-hybridized carbons (Fsp3) is 0.200. The molecule has 1 aliphatic heterocycles. The van der Waals surface area contributed by atoms with Crippen LogP contribution in [0.25, 0.3) is 6.08 Å². The second-order valence-corrected chi connectivity index (χ2v) is 6.37. The first-order chi connectivity index (χ1) is 13.4. The molecule has 1 amide bonds. The maximum Gasteiger partial charge on any atom is 0.331 e. The van der Waals surface area contributed by atoms with Crippen molar-refractivity contribution < 1.29 is 28.2 Å². The summed E-state index contributed by atoms with van der Waals surface area (Å²) >= 11 is 5.66. The van der Waals surface area contributed by atoms with Crippen molar-refractivity contribution in [2.45, 2.75) is 13.0 Å². The van der Waals surface area contributed by atoms with Gasteiger partial charge in [-0.3, -0.25) is 4.79 Å². The smallest absolute Gasteiger partial charge is 0.331 e. The van der Waals surface area contributed by atoms with Crippen LogP contribution in [0.2, 0.25) is 5.02 Å². The van der Waals surface area contributed by atoms with Crippen LogP contribution >= 0.6 is 11.6 Å². The van der Waals surface area contributed by atoms with Crippen molar-refractivity contribution in [2.24, 2.45) is 0 Å². The van der Waals surface area contributed by atoms with Gasteiger partial charge in [0.15, 0.2) is 17.6 Å². The summed E-state index contributed by atoms with van der Waals surface area (Å²) in [5, 5.41) is 2.55. The third kappa shape index (κ3) is 5.01. The quantitative estimate of drug-likeness (QED) is 0.604. The summed E-state index contributed by atoms with van der Waals surface area (Å²) in [6.45, 7) is 2.34. The average molecular weight is 406 g/mol. The highest BCUT2D eigenvalue weighted by atomic mass is 35.5. The summed E-state index contributed by atoms with van der Waals surface area (Å²) in [5.41, 5.74) is 0.658. The Morgan fingerprint density at radius 3 is 2.68 bits per heavy atom. The summed E-state index contributed by atoms with van der Waals surface area (Å²) in [6, 6.07) is 9.08. The Balaban J connectivity index is 1.56. The highest BCUT2D eigenvalue weighted by molar-refractivity contribution is 6.30. The predicted molar refractivity (Wildman–Crippen MR) is 102 cm³/mol. The van der Waals surface area contributed by atoms with E-state index in [0.717, 1.165) is 6.07 Å². The number of hydrogen-bond acceptors (Lipinski definition) is 5. The fourth-order valence-electron chi connectivity index (χ4n) is 2.42. The minimum absolute atomic E-state index is 0.0517. The van der Waals surface area contributed by atoms with Gasteiger partial charge in [0.1, 0.15) is 19.0 Å². The molecule has 0 radical (unpaired) electrons. The summed E-state index contributed by atoms with van der Waals surface area (Å²) in [7, 11) is 0. The van der Waals surface area contributed by atoms with E-state index in [1.165, 1.54) is 31.2 Å². The number of nitrogens with one attached hydrogen (secondary N) is 1. The van der Waals surface area contributed by atoms with E-state index in [1.54, 1.807) is 18.2 Å². The van der Waals surface area contributed by atoms with E-state index in [1.807, 2.05) is 0 Å². The minimum Gasteiger partial charge on any atom is -0.486 e. The van der Waals surface area contributed by atoms with Crippen LogP contribution in [0, 0.1) is 5.82 Å². The Labute approximate surface area is 165 Å². The summed E-state index contributed by atoms with van der Waals surface area (Å²) in [4.78, 5) is 24.0. The monoisotopic (exact) mass is 405 g/mol. The molecule has 0 bridgehead atoms. The van der Waals surface area contributed by atoms with Crippen molar-refractivity contribution in [3.63, 3.8) is 0 Å². The number of carbonyl (C=O) groups is 2. The summed E-state index contributed by atoms with van der Waals surface area (Å²) in [5.74, 6) is -0.820. The van der Waals surface area contributed by atoms with Crippen LogP contribution in [-0.4, -0.2) is 31.2 Å². The maximum atomic E-state index is 13.7. The van der Waals surface area contributed by atoms with Gasteiger partial charge in [-0.15, -0.1) is 0 Å². The molecule has 1 atom stereocenters. The molecule has 0 aliphatic carbocycles. The second kappa shape index (κ2) is 8.75. The first kappa shape index (κ1) is 19.7. The van der Waals surface area contributed by atoms with Crippen molar-refractivity contribution >= 4 is 35.2 Å². The average Bonchev–Trinajstić information content (AvgIpc) is 2.68. The Morgan fingerprint density at radius 2 is 1.93 bits per heavy atom. The van der Waals surface area contributed by atoms with Crippen molar-refractivity contribution in [2.75, 3.05) is 18.5 Å². The maximum absolute atomic E-state index is 13.7. The van der Waals surface area contributed by atoms with Gasteiger partial charge in [-0.05, 0) is 48.9 Å². The van der Waals surface area contributed by atoms with E-state index in [4.69, 9.17) is 25.8 Å². The van der Waals surface area contributed by atoms with E-state index < -0.39 is 23.8 Å². The fourth-order valence-corrected chi connectivity index (χ4v) is 2.58. The lowest BCUT2D eigenvalue weighted by Crippen LogP contribution is -2.29. The molecule has 1 N–H and O–H groups in total. The lowest BCUT2D eigenvalue weighted by atomic mass is 10.2. The largest absolute Gasteiger partial charge is 0.486 e. The molecule has 2 aromatic carbocycles. The highest BCUT2D eigenvalue weighted by Crippen LogP contribution is 2.31. The van der Waals surface area contributed by atoms with E-state index >= 15 is 0 Å². The van der Waals surface area contributed by atoms with Crippen LogP contribution in [0.1, 0.15) is 12.5 Å². The first-order valence-electron chi connectivity index (χ1n) is 8.46. The second-order valence-electron chi connectivity index (χ2n) is 5.93. The standard InChI is InChI=1S/C20H17ClFNO5/c1-12(20(25)23-16-5-4-14(21)11-15(16)22)28-19(24)7-3-13-2-6-17-18(10-13)27-9-8-26-17/h2-7,10-12H,8-9H2,1H3,(H,23,25)/b7-3+/t12-/m1/s1. The minimum atomic E-state index is -1.12. The van der Waals surface area contributed by atoms with Gasteiger partial charge in [-0.25, -0.2) is 9.18 Å². The summed E-state index contributed by atoms with van der Waals surface area (Å²) < 4.78 is 29.7. The molecule has 0 saturated heterocycles. The molecule has 0 saturated carbocycles. The van der Waals surface area contributed by atoms with Crippen LogP contribution in [0.3, 0.4) is 0 Å². The third-order valence-electron chi connectivity index (χ3n) is 3.83. The zero-order valence-electron chi connectivity index (χ0n) is 14.9. The van der Waals surface area contributed by atoms with Gasteiger partial charge in [-0.1, -0.05) is 17.7 Å². The van der Waals surface area contributed by atoms with Crippen LogP contribution < -0.4 is 14.8 Å². The van der Waals surface area contributed by atoms with Crippen molar-refractivity contribution in [3.05, 3.63) is 58.9 Å². The Hall–Kier alpha value is -3.06. The number of ether oxygens (including phenoxy) is 3. The lowest BCUT2D eigenvalue weighted by molar-refractivity contribution is -0.148. The number of rotatable bonds is 5. The van der Waals surface area contributed by atoms with E-state index in [2.05, 4.69) is 5.32 Å². The highest BCUT2D eigenvalue weighted by Gasteiger charge is 2.18. The molecule has 8 heteroatoms. The van der Waals surface area contributed by atoms with Crippen molar-refractivity contribution in [1.29, 1.82) is 0 Å². The summed E-state index contributed by atoms with van der Waals surface area (Å²) in [6.07, 6.45) is 1.61. The van der Waals surface area contributed by atoms with E-state index in [-0.39, 0.29) is 10.7 Å². The number of amides is 1. The van der Waals surface area contributed by atoms with E-state index in [0.29, 0.717) is 30.3 Å². The Morgan fingerprint density at radius 1 is 1.18 bits per heavy atom. The van der Waals surface area contributed by atoms with E-state index in [9.17, 15) is 14.0 Å². The number of halogens is 2. The van der Waals surface area contributed by atoms with Crippen LogP contribution in [0.4, 0.5) is 10.1 Å². The zero-order valence-corrected chi connectivity index (χ0v) is 15.7. The molecular weight excluding hydrogens is 389 g/mol. The molecule has 6 nitrogen and oxygen atoms in total. The van der Waals surface area contributed by atoms with Gasteiger partial charge in [0.05, 0.1) is 5.69 Å². The van der Waals surface area contributed by atoms with Gasteiger partial charge in [0, 0.05) is 11.1 Å². The first-order valence-corrected chi connectivity index (χ1v) is 8.84. The predicted octanol–water partition coefficient (Wildman–Crippen LogP) is 3.83. The Kier molecular flexibility index (Phi) is 6.16. The van der Waals surface area contributed by atoms with Crippen molar-refractivity contribution in [3.8, 4) is 11.5 Å². The topological polar surface area (TPSA) is 73.9 Å². The molecule has 3 rings (SSSR count). The van der Waals surface area contributed by atoms with Gasteiger partial charge in [-0.2, -0.15) is 0 Å². The number of esters is 1. The van der Waals surface area contributed by atoms with Crippen LogP contribution in [0.15, 0.2) is 42.5 Å². The zero-order chi connectivity index (χ0) is 20.1. The molecule has 0 fully saturated rings. The number of hydrogen-bond donors (Lipinski definition) is 1. The van der Waals surface area contributed by atoms with Gasteiger partial charge in [0.25, 0.3) is 5.91 Å². The third-order valence-corrected chi connectivity index (χ3v) is 4.06. The molecule has 0 unspecified atom stereocenters. The Bertz CT molecular complexity index is 931. The number of carbonyl (C=O) groups excluding carboxylic acids is 2. The van der Waals surface area contributed by atoms with Crippen LogP contribution in [-0.2, 0) is 14.3 Å². The lowest BCUT2D eigenvalue weighted by Gasteiger charge is -2.18. The molecule has 146 valence electrons. The molecule has 0 spiro atoms. The molecule has 28 heavy (non-hydrogen) atoms. The van der Waals surface area contributed by atoms with Gasteiger partial charge in [0.2, 0.25) is 0 Å². The molecule has 0 aromatic heterocycles. The van der Waals surface area contributed by atoms with Gasteiger partial charge >= 0.3 is 5.97 Å². The number of fused-ring (bicyclic) bond motifs is 1. The van der Waals surface area contributed by atoms with Gasteiger partial charge < -0.3 is 19.5 Å². The normalized spacial score (nSPS) is 13.8. The molecule has 2 aromatic rings. The SMILES string of the molecule is C[C@@H](OC(=O)/C=C/c1ccc2c(c1)OCCO2)C(=O)Nc1ccc(Cl)cc1F.